The van der Waals surface area contributed by atoms with Crippen molar-refractivity contribution in [2.24, 2.45) is 23.2 Å². The maximum atomic E-state index is 12.6. The van der Waals surface area contributed by atoms with E-state index in [1.807, 2.05) is 30.3 Å². The molecule has 1 amide bonds. The molecule has 1 aromatic carbocycles. The lowest BCUT2D eigenvalue weighted by atomic mass is 9.78. The van der Waals surface area contributed by atoms with E-state index in [9.17, 15) is 9.59 Å². The summed E-state index contributed by atoms with van der Waals surface area (Å²) in [6.07, 6.45) is 0.453. The number of nitrogens with zero attached hydrogens (tertiary/aromatic N) is 1. The van der Waals surface area contributed by atoms with Crippen molar-refractivity contribution < 1.29 is 19.1 Å². The first-order valence-electron chi connectivity index (χ1n) is 8.89. The van der Waals surface area contributed by atoms with Crippen LogP contribution in [0.25, 0.3) is 0 Å². The quantitative estimate of drug-likeness (QED) is 0.845. The smallest absolute Gasteiger partial charge is 0.410 e. The number of carbonyl (C=O) groups is 2. The molecule has 25 heavy (non-hydrogen) atoms. The Morgan fingerprint density at radius 3 is 2.84 bits per heavy atom. The summed E-state index contributed by atoms with van der Waals surface area (Å²) >= 11 is 0. The van der Waals surface area contributed by atoms with Crippen LogP contribution < -0.4 is 5.32 Å². The van der Waals surface area contributed by atoms with Crippen molar-refractivity contribution >= 4 is 12.1 Å². The van der Waals surface area contributed by atoms with Crippen LogP contribution in [0.15, 0.2) is 30.3 Å². The van der Waals surface area contributed by atoms with Gasteiger partial charge >= 0.3 is 12.1 Å². The third-order valence-corrected chi connectivity index (χ3v) is 6.19. The zero-order valence-electron chi connectivity index (χ0n) is 14.4. The Kier molecular flexibility index (Phi) is 4.15. The van der Waals surface area contributed by atoms with Crippen LogP contribution in [0.4, 0.5) is 4.79 Å². The van der Waals surface area contributed by atoms with E-state index in [-0.39, 0.29) is 24.6 Å². The van der Waals surface area contributed by atoms with Crippen LogP contribution in [0.5, 0.6) is 0 Å². The number of hydrogen-bond acceptors (Lipinski definition) is 5. The van der Waals surface area contributed by atoms with E-state index in [0.717, 1.165) is 25.1 Å². The van der Waals surface area contributed by atoms with E-state index in [1.54, 1.807) is 4.90 Å². The summed E-state index contributed by atoms with van der Waals surface area (Å²) in [5.74, 6) is 0.923. The van der Waals surface area contributed by atoms with Gasteiger partial charge in [0.2, 0.25) is 0 Å². The fourth-order valence-corrected chi connectivity index (χ4v) is 5.06. The molecule has 1 N–H and O–H groups in total. The molecule has 0 bridgehead atoms. The minimum Gasteiger partial charge on any atom is -0.469 e. The normalized spacial score (nSPS) is 33.0. The van der Waals surface area contributed by atoms with Gasteiger partial charge in [-0.1, -0.05) is 30.3 Å². The summed E-state index contributed by atoms with van der Waals surface area (Å²) in [5, 5.41) is 3.41. The number of likely N-dealkylation sites (tertiary alicyclic amines) is 1. The van der Waals surface area contributed by atoms with Crippen molar-refractivity contribution in [3.05, 3.63) is 35.9 Å². The molecular weight excluding hydrogens is 320 g/mol. The van der Waals surface area contributed by atoms with E-state index in [4.69, 9.17) is 9.47 Å². The Morgan fingerprint density at radius 1 is 1.28 bits per heavy atom. The lowest BCUT2D eigenvalue weighted by Crippen LogP contribution is -2.40. The molecule has 0 spiro atoms. The predicted octanol–water partition coefficient (Wildman–Crippen LogP) is 1.65. The standard InChI is InChI=1S/C19H24N2O4/c1-24-17(22)19-7-14-8-20-9-15(14)16(19)10-21(12-19)18(23)25-11-13-5-3-2-4-6-13/h2-6,14-16,20H,7-12H2,1H3/t14-,15+,16+,19-/m1/s1. The third-order valence-electron chi connectivity index (χ3n) is 6.19. The van der Waals surface area contributed by atoms with E-state index in [1.165, 1.54) is 7.11 Å². The Hall–Kier alpha value is -2.08. The summed E-state index contributed by atoms with van der Waals surface area (Å²) < 4.78 is 10.6. The minimum absolute atomic E-state index is 0.157. The van der Waals surface area contributed by atoms with Gasteiger partial charge in [-0.15, -0.1) is 0 Å². The molecule has 0 aromatic heterocycles. The molecule has 3 aliphatic rings. The van der Waals surface area contributed by atoms with E-state index < -0.39 is 5.41 Å². The second-order valence-corrected chi connectivity index (χ2v) is 7.46. The molecule has 1 aromatic rings. The van der Waals surface area contributed by atoms with Crippen LogP contribution in [0.3, 0.4) is 0 Å². The van der Waals surface area contributed by atoms with Crippen LogP contribution in [0, 0.1) is 23.2 Å². The van der Waals surface area contributed by atoms with Gasteiger partial charge in [-0.05, 0) is 42.8 Å². The van der Waals surface area contributed by atoms with Gasteiger partial charge in [-0.25, -0.2) is 4.79 Å². The van der Waals surface area contributed by atoms with Gasteiger partial charge in [-0.3, -0.25) is 4.79 Å². The highest BCUT2D eigenvalue weighted by Gasteiger charge is 2.64. The number of methoxy groups -OCH3 is 1. The fourth-order valence-electron chi connectivity index (χ4n) is 5.06. The van der Waals surface area contributed by atoms with Crippen LogP contribution >= 0.6 is 0 Å². The number of ether oxygens (including phenoxy) is 2. The largest absolute Gasteiger partial charge is 0.469 e. The maximum absolute atomic E-state index is 12.6. The molecule has 2 heterocycles. The summed E-state index contributed by atoms with van der Waals surface area (Å²) in [6, 6.07) is 9.62. The molecule has 0 unspecified atom stereocenters. The number of esters is 1. The van der Waals surface area contributed by atoms with Crippen LogP contribution in [0.2, 0.25) is 0 Å². The Bertz CT molecular complexity index is 665. The summed E-state index contributed by atoms with van der Waals surface area (Å²) in [6.45, 7) is 3.11. The number of carbonyl (C=O) groups excluding carboxylic acids is 2. The first kappa shape index (κ1) is 16.4. The first-order chi connectivity index (χ1) is 12.1. The second-order valence-electron chi connectivity index (χ2n) is 7.46. The lowest BCUT2D eigenvalue weighted by molar-refractivity contribution is -0.153. The topological polar surface area (TPSA) is 67.9 Å². The number of rotatable bonds is 3. The van der Waals surface area contributed by atoms with Crippen molar-refractivity contribution in [3.8, 4) is 0 Å². The van der Waals surface area contributed by atoms with Gasteiger partial charge in [0.25, 0.3) is 0 Å². The Balaban J connectivity index is 1.46. The van der Waals surface area contributed by atoms with E-state index in [0.29, 0.717) is 24.9 Å². The molecule has 1 saturated carbocycles. The van der Waals surface area contributed by atoms with E-state index in [2.05, 4.69) is 5.32 Å². The van der Waals surface area contributed by atoms with Crippen molar-refractivity contribution in [2.45, 2.75) is 13.0 Å². The van der Waals surface area contributed by atoms with Gasteiger partial charge in [0.05, 0.1) is 12.5 Å². The van der Waals surface area contributed by atoms with Crippen LogP contribution in [0.1, 0.15) is 12.0 Å². The Labute approximate surface area is 147 Å². The van der Waals surface area contributed by atoms with Crippen LogP contribution in [-0.4, -0.2) is 50.3 Å². The molecule has 2 saturated heterocycles. The second kappa shape index (κ2) is 6.33. The van der Waals surface area contributed by atoms with Crippen molar-refractivity contribution in [3.63, 3.8) is 0 Å². The number of amides is 1. The summed E-state index contributed by atoms with van der Waals surface area (Å²) in [5.41, 5.74) is 0.399. The zero-order valence-corrected chi connectivity index (χ0v) is 14.4. The van der Waals surface area contributed by atoms with Gasteiger partial charge in [-0.2, -0.15) is 0 Å². The maximum Gasteiger partial charge on any atom is 0.410 e. The van der Waals surface area contributed by atoms with Crippen LogP contribution in [-0.2, 0) is 20.9 Å². The number of benzene rings is 1. The molecule has 4 atom stereocenters. The third kappa shape index (κ3) is 2.68. The van der Waals surface area contributed by atoms with Gasteiger partial charge in [0.1, 0.15) is 6.61 Å². The predicted molar refractivity (Wildman–Crippen MR) is 90.6 cm³/mol. The highest BCUT2D eigenvalue weighted by atomic mass is 16.6. The molecule has 4 rings (SSSR count). The minimum atomic E-state index is -0.558. The molecule has 6 nitrogen and oxygen atoms in total. The average molecular weight is 344 g/mol. The van der Waals surface area contributed by atoms with Crippen molar-refractivity contribution in [1.82, 2.24) is 10.2 Å². The molecule has 6 heteroatoms. The average Bonchev–Trinajstić information content (AvgIpc) is 3.30. The summed E-state index contributed by atoms with van der Waals surface area (Å²) in [7, 11) is 1.44. The number of fused-ring (bicyclic) bond motifs is 3. The highest BCUT2D eigenvalue weighted by Crippen LogP contribution is 2.56. The monoisotopic (exact) mass is 344 g/mol. The molecule has 2 aliphatic heterocycles. The van der Waals surface area contributed by atoms with Crippen molar-refractivity contribution in [2.75, 3.05) is 33.3 Å². The number of nitrogens with one attached hydrogen (secondary N) is 1. The lowest BCUT2D eigenvalue weighted by Gasteiger charge is -2.27. The van der Waals surface area contributed by atoms with Gasteiger partial charge in [0.15, 0.2) is 0 Å². The molecule has 0 radical (unpaired) electrons. The van der Waals surface area contributed by atoms with Gasteiger partial charge in [0, 0.05) is 13.1 Å². The SMILES string of the molecule is COC(=O)[C@@]12C[C@@H]3CNC[C@@H]3[C@@H]1CN(C(=O)OCc1ccccc1)C2. The fraction of sp³-hybridized carbons (Fsp3) is 0.579. The Morgan fingerprint density at radius 2 is 2.08 bits per heavy atom. The highest BCUT2D eigenvalue weighted by molar-refractivity contribution is 5.80. The molecule has 3 fully saturated rings. The summed E-state index contributed by atoms with van der Waals surface area (Å²) in [4.78, 5) is 26.8. The van der Waals surface area contributed by atoms with E-state index >= 15 is 0 Å². The molecular formula is C19H24N2O4. The zero-order chi connectivity index (χ0) is 17.4. The van der Waals surface area contributed by atoms with Gasteiger partial charge < -0.3 is 19.7 Å². The first-order valence-corrected chi connectivity index (χ1v) is 8.89. The molecule has 1 aliphatic carbocycles. The van der Waals surface area contributed by atoms with Crippen molar-refractivity contribution in [1.29, 1.82) is 0 Å². The molecule has 134 valence electrons. The number of hydrogen-bond donors (Lipinski definition) is 1.